The predicted molar refractivity (Wildman–Crippen MR) is 102 cm³/mol. The predicted octanol–water partition coefficient (Wildman–Crippen LogP) is 3.66. The van der Waals surface area contributed by atoms with Crippen LogP contribution >= 0.6 is 11.3 Å². The van der Waals surface area contributed by atoms with Crippen molar-refractivity contribution < 1.29 is 24.6 Å². The maximum atomic E-state index is 12.5. The summed E-state index contributed by atoms with van der Waals surface area (Å²) in [5.74, 6) is -2.33. The Hall–Kier alpha value is -3.65. The number of carbonyl (C=O) groups excluding carboxylic acids is 2. The molecule has 0 aliphatic heterocycles. The number of benzene rings is 2. The highest BCUT2D eigenvalue weighted by Gasteiger charge is 2.15. The van der Waals surface area contributed by atoms with Gasteiger partial charge < -0.3 is 20.8 Å². The molecule has 0 saturated carbocycles. The normalized spacial score (nSPS) is 10.2. The summed E-state index contributed by atoms with van der Waals surface area (Å²) in [7, 11) is 0. The number of carboxylic acids is 1. The third-order valence-corrected chi connectivity index (χ3v) is 4.48. The first kappa shape index (κ1) is 18.2. The number of nitrogens with one attached hydrogen (secondary N) is 2. The van der Waals surface area contributed by atoms with Crippen molar-refractivity contribution in [1.82, 2.24) is 0 Å². The zero-order valence-corrected chi connectivity index (χ0v) is 14.6. The molecule has 7 nitrogen and oxygen atoms in total. The second kappa shape index (κ2) is 7.71. The van der Waals surface area contributed by atoms with Gasteiger partial charge in [-0.15, -0.1) is 11.3 Å². The van der Waals surface area contributed by atoms with Crippen molar-refractivity contribution >= 4 is 40.5 Å². The minimum absolute atomic E-state index is 0.0540. The van der Waals surface area contributed by atoms with Crippen molar-refractivity contribution in [2.24, 2.45) is 0 Å². The average Bonchev–Trinajstić information content (AvgIpc) is 3.18. The zero-order chi connectivity index (χ0) is 19.4. The maximum absolute atomic E-state index is 12.5. The number of thiophene rings is 1. The van der Waals surface area contributed by atoms with Crippen LogP contribution in [0.4, 0.5) is 11.4 Å². The highest BCUT2D eigenvalue weighted by molar-refractivity contribution is 7.12. The molecule has 3 aromatic rings. The number of amides is 2. The quantitative estimate of drug-likeness (QED) is 0.503. The van der Waals surface area contributed by atoms with Crippen molar-refractivity contribution in [3.8, 4) is 5.75 Å². The van der Waals surface area contributed by atoms with E-state index in [1.807, 2.05) is 0 Å². The van der Waals surface area contributed by atoms with E-state index in [1.54, 1.807) is 29.6 Å². The van der Waals surface area contributed by atoms with Crippen LogP contribution in [0.25, 0.3) is 0 Å². The molecule has 0 saturated heterocycles. The largest absolute Gasteiger partial charge is 0.508 e. The smallest absolute Gasteiger partial charge is 0.337 e. The molecule has 136 valence electrons. The van der Waals surface area contributed by atoms with Crippen LogP contribution in [0.1, 0.15) is 30.4 Å². The Bertz CT molecular complexity index is 1010. The molecule has 27 heavy (non-hydrogen) atoms. The minimum Gasteiger partial charge on any atom is -0.508 e. The minimum atomic E-state index is -1.28. The van der Waals surface area contributed by atoms with Gasteiger partial charge in [-0.25, -0.2) is 4.79 Å². The van der Waals surface area contributed by atoms with Crippen LogP contribution in [-0.4, -0.2) is 28.0 Å². The number of hydrogen-bond acceptors (Lipinski definition) is 5. The molecule has 2 amide bonds. The number of aromatic carboxylic acids is 1. The SMILES string of the molecule is O=C(Nc1ccc(O)cc1C(=O)O)c1cccc(NC(=O)c2cccs2)c1. The third kappa shape index (κ3) is 4.31. The van der Waals surface area contributed by atoms with Gasteiger partial charge in [0.25, 0.3) is 11.8 Å². The van der Waals surface area contributed by atoms with E-state index in [1.165, 1.54) is 35.6 Å². The second-order valence-corrected chi connectivity index (χ2v) is 6.45. The summed E-state index contributed by atoms with van der Waals surface area (Å²) in [5, 5.41) is 25.6. The van der Waals surface area contributed by atoms with E-state index in [0.717, 1.165) is 6.07 Å². The summed E-state index contributed by atoms with van der Waals surface area (Å²) in [6.07, 6.45) is 0. The Morgan fingerprint density at radius 3 is 2.41 bits per heavy atom. The number of carbonyl (C=O) groups is 3. The lowest BCUT2D eigenvalue weighted by atomic mass is 10.1. The van der Waals surface area contributed by atoms with Gasteiger partial charge in [-0.05, 0) is 47.8 Å². The molecule has 0 atom stereocenters. The van der Waals surface area contributed by atoms with Crippen LogP contribution in [-0.2, 0) is 0 Å². The molecule has 8 heteroatoms. The number of carboxylic acid groups (broad SMARTS) is 1. The molecule has 0 radical (unpaired) electrons. The van der Waals surface area contributed by atoms with Gasteiger partial charge in [-0.2, -0.15) is 0 Å². The van der Waals surface area contributed by atoms with E-state index in [-0.39, 0.29) is 28.5 Å². The molecule has 4 N–H and O–H groups in total. The van der Waals surface area contributed by atoms with Crippen LogP contribution in [0.2, 0.25) is 0 Å². The van der Waals surface area contributed by atoms with E-state index in [9.17, 15) is 24.6 Å². The Kier molecular flexibility index (Phi) is 5.18. The lowest BCUT2D eigenvalue weighted by molar-refractivity contribution is 0.0697. The highest BCUT2D eigenvalue weighted by atomic mass is 32.1. The van der Waals surface area contributed by atoms with Crippen LogP contribution in [0.5, 0.6) is 5.75 Å². The average molecular weight is 382 g/mol. The molecular weight excluding hydrogens is 368 g/mol. The number of aromatic hydroxyl groups is 1. The number of rotatable bonds is 5. The molecule has 3 rings (SSSR count). The van der Waals surface area contributed by atoms with Gasteiger partial charge >= 0.3 is 5.97 Å². The fourth-order valence-corrected chi connectivity index (χ4v) is 2.97. The Morgan fingerprint density at radius 2 is 1.70 bits per heavy atom. The van der Waals surface area contributed by atoms with Crippen LogP contribution in [0, 0.1) is 0 Å². The summed E-state index contributed by atoms with van der Waals surface area (Å²) in [6, 6.07) is 13.4. The van der Waals surface area contributed by atoms with Gasteiger partial charge in [0.05, 0.1) is 16.1 Å². The van der Waals surface area contributed by atoms with E-state index < -0.39 is 11.9 Å². The lowest BCUT2D eigenvalue weighted by Gasteiger charge is -2.10. The van der Waals surface area contributed by atoms with Gasteiger partial charge in [0, 0.05) is 11.3 Å². The first-order valence-electron chi connectivity index (χ1n) is 7.76. The number of phenols is 1. The van der Waals surface area contributed by atoms with Crippen molar-refractivity contribution in [3.05, 3.63) is 76.0 Å². The maximum Gasteiger partial charge on any atom is 0.337 e. The zero-order valence-electron chi connectivity index (χ0n) is 13.8. The molecule has 1 heterocycles. The van der Waals surface area contributed by atoms with Crippen LogP contribution < -0.4 is 10.6 Å². The summed E-state index contributed by atoms with van der Waals surface area (Å²) in [4.78, 5) is 36.4. The second-order valence-electron chi connectivity index (χ2n) is 5.50. The van der Waals surface area contributed by atoms with Crippen molar-refractivity contribution in [2.45, 2.75) is 0 Å². The Labute approximate surface area is 157 Å². The van der Waals surface area contributed by atoms with E-state index in [4.69, 9.17) is 0 Å². The third-order valence-electron chi connectivity index (χ3n) is 3.61. The first-order valence-corrected chi connectivity index (χ1v) is 8.64. The molecule has 0 fully saturated rings. The Balaban J connectivity index is 1.78. The summed E-state index contributed by atoms with van der Waals surface area (Å²) < 4.78 is 0. The highest BCUT2D eigenvalue weighted by Crippen LogP contribution is 2.22. The lowest BCUT2D eigenvalue weighted by Crippen LogP contribution is -2.16. The molecule has 0 aliphatic carbocycles. The molecule has 0 spiro atoms. The summed E-state index contributed by atoms with van der Waals surface area (Å²) in [5.41, 5.74) is 0.498. The fraction of sp³-hybridized carbons (Fsp3) is 0. The molecular formula is C19H14N2O5S. The van der Waals surface area contributed by atoms with E-state index in [2.05, 4.69) is 10.6 Å². The monoisotopic (exact) mass is 382 g/mol. The number of anilines is 2. The fourth-order valence-electron chi connectivity index (χ4n) is 2.35. The van der Waals surface area contributed by atoms with Crippen molar-refractivity contribution in [3.63, 3.8) is 0 Å². The summed E-state index contributed by atoms with van der Waals surface area (Å²) >= 11 is 1.30. The molecule has 0 aliphatic rings. The van der Waals surface area contributed by atoms with E-state index in [0.29, 0.717) is 10.6 Å². The van der Waals surface area contributed by atoms with Gasteiger partial charge in [0.2, 0.25) is 0 Å². The molecule has 2 aromatic carbocycles. The van der Waals surface area contributed by atoms with Crippen molar-refractivity contribution in [1.29, 1.82) is 0 Å². The number of hydrogen-bond donors (Lipinski definition) is 4. The first-order chi connectivity index (χ1) is 12.9. The molecule has 0 unspecified atom stereocenters. The van der Waals surface area contributed by atoms with Crippen molar-refractivity contribution in [2.75, 3.05) is 10.6 Å². The van der Waals surface area contributed by atoms with Gasteiger partial charge in [-0.3, -0.25) is 9.59 Å². The standard InChI is InChI=1S/C19H14N2O5S/c22-13-6-7-15(14(10-13)19(25)26)21-17(23)11-3-1-4-12(9-11)20-18(24)16-5-2-8-27-16/h1-10,22H,(H,20,24)(H,21,23)(H,25,26). The van der Waals surface area contributed by atoms with Crippen LogP contribution in [0.3, 0.4) is 0 Å². The Morgan fingerprint density at radius 1 is 0.889 bits per heavy atom. The van der Waals surface area contributed by atoms with Crippen LogP contribution in [0.15, 0.2) is 60.0 Å². The van der Waals surface area contributed by atoms with Gasteiger partial charge in [-0.1, -0.05) is 12.1 Å². The topological polar surface area (TPSA) is 116 Å². The van der Waals surface area contributed by atoms with Gasteiger partial charge in [0.15, 0.2) is 0 Å². The van der Waals surface area contributed by atoms with E-state index >= 15 is 0 Å². The molecule has 1 aromatic heterocycles. The van der Waals surface area contributed by atoms with Gasteiger partial charge in [0.1, 0.15) is 5.75 Å². The number of phenolic OH excluding ortho intramolecular Hbond substituents is 1. The molecule has 0 bridgehead atoms. The summed E-state index contributed by atoms with van der Waals surface area (Å²) in [6.45, 7) is 0.